The normalized spacial score (nSPS) is 29.5. The number of aliphatic hydroxyl groups excluding tert-OH is 1. The summed E-state index contributed by atoms with van der Waals surface area (Å²) in [5.41, 5.74) is -0.377. The molecule has 0 radical (unpaired) electrons. The van der Waals surface area contributed by atoms with E-state index in [9.17, 15) is 13.5 Å². The van der Waals surface area contributed by atoms with Gasteiger partial charge in [-0.1, -0.05) is 6.08 Å². The van der Waals surface area contributed by atoms with Crippen molar-refractivity contribution >= 4 is 10.2 Å². The van der Waals surface area contributed by atoms with Gasteiger partial charge in [0.15, 0.2) is 0 Å². The first-order valence-corrected chi connectivity index (χ1v) is 9.37. The quantitative estimate of drug-likeness (QED) is 0.737. The van der Waals surface area contributed by atoms with Crippen LogP contribution in [0.15, 0.2) is 12.7 Å². The van der Waals surface area contributed by atoms with Crippen LogP contribution in [0.4, 0.5) is 0 Å². The van der Waals surface area contributed by atoms with E-state index < -0.39 is 10.2 Å². The molecule has 2 fully saturated rings. The van der Waals surface area contributed by atoms with Crippen LogP contribution in [-0.4, -0.2) is 68.1 Å². The van der Waals surface area contributed by atoms with Gasteiger partial charge in [0.2, 0.25) is 0 Å². The van der Waals surface area contributed by atoms with E-state index >= 15 is 0 Å². The Hall–Kier alpha value is -0.470. The first-order valence-electron chi connectivity index (χ1n) is 7.97. The summed E-state index contributed by atoms with van der Waals surface area (Å²) in [6.45, 7) is 5.66. The van der Waals surface area contributed by atoms with E-state index in [2.05, 4.69) is 6.58 Å². The average Bonchev–Trinajstić information content (AvgIpc) is 2.55. The second-order valence-electron chi connectivity index (χ2n) is 6.43. The van der Waals surface area contributed by atoms with E-state index in [1.165, 1.54) is 0 Å². The number of methoxy groups -OCH3 is 1. The Morgan fingerprint density at radius 3 is 2.55 bits per heavy atom. The number of piperidine rings is 2. The van der Waals surface area contributed by atoms with E-state index in [1.807, 2.05) is 0 Å². The van der Waals surface area contributed by atoms with Crippen LogP contribution in [0.5, 0.6) is 0 Å². The van der Waals surface area contributed by atoms with Crippen LogP contribution in [0.25, 0.3) is 0 Å². The molecular formula is C15H28N2O4S. The van der Waals surface area contributed by atoms with Gasteiger partial charge in [-0.2, -0.15) is 17.0 Å². The van der Waals surface area contributed by atoms with E-state index in [-0.39, 0.29) is 18.1 Å². The zero-order valence-electron chi connectivity index (χ0n) is 13.4. The summed E-state index contributed by atoms with van der Waals surface area (Å²) in [6.07, 6.45) is 5.67. The minimum atomic E-state index is -3.45. The molecule has 2 heterocycles. The predicted octanol–water partition coefficient (Wildman–Crippen LogP) is 0.993. The van der Waals surface area contributed by atoms with Crippen LogP contribution in [0.2, 0.25) is 0 Å². The van der Waals surface area contributed by atoms with Gasteiger partial charge in [-0.15, -0.1) is 6.58 Å². The minimum Gasteiger partial charge on any atom is -0.396 e. The lowest BCUT2D eigenvalue weighted by Crippen LogP contribution is -2.54. The third-order valence-electron chi connectivity index (χ3n) is 4.93. The van der Waals surface area contributed by atoms with Crippen molar-refractivity contribution in [3.63, 3.8) is 0 Å². The Balaban J connectivity index is 2.07. The molecule has 0 aromatic carbocycles. The Morgan fingerprint density at radius 1 is 1.32 bits per heavy atom. The van der Waals surface area contributed by atoms with Crippen molar-refractivity contribution in [3.05, 3.63) is 12.7 Å². The van der Waals surface area contributed by atoms with Crippen molar-refractivity contribution in [2.24, 2.45) is 5.41 Å². The number of aliphatic hydroxyl groups is 1. The maximum absolute atomic E-state index is 12.8. The number of rotatable bonds is 6. The van der Waals surface area contributed by atoms with E-state index in [0.29, 0.717) is 32.6 Å². The zero-order valence-corrected chi connectivity index (χ0v) is 14.2. The summed E-state index contributed by atoms with van der Waals surface area (Å²) < 4.78 is 34.1. The highest BCUT2D eigenvalue weighted by atomic mass is 32.2. The lowest BCUT2D eigenvalue weighted by Gasteiger charge is -2.43. The zero-order chi connectivity index (χ0) is 16.2. The molecule has 0 amide bonds. The summed E-state index contributed by atoms with van der Waals surface area (Å²) in [6, 6.07) is 0. The van der Waals surface area contributed by atoms with Crippen molar-refractivity contribution in [3.8, 4) is 0 Å². The fourth-order valence-electron chi connectivity index (χ4n) is 3.49. The molecule has 0 aliphatic carbocycles. The molecule has 0 bridgehead atoms. The monoisotopic (exact) mass is 332 g/mol. The molecule has 1 unspecified atom stereocenters. The van der Waals surface area contributed by atoms with Crippen LogP contribution >= 0.6 is 0 Å². The van der Waals surface area contributed by atoms with E-state index in [4.69, 9.17) is 4.74 Å². The molecule has 0 aromatic heterocycles. The van der Waals surface area contributed by atoms with E-state index in [0.717, 1.165) is 25.7 Å². The SMILES string of the molecule is C=CCC1(CO)CCCN(S(=O)(=O)N2CCC(OC)CC2)C1. The molecule has 128 valence electrons. The number of ether oxygens (including phenoxy) is 1. The Kier molecular flexibility index (Phi) is 6.01. The van der Waals surface area contributed by atoms with Crippen molar-refractivity contribution < 1.29 is 18.3 Å². The molecule has 22 heavy (non-hydrogen) atoms. The molecule has 0 saturated carbocycles. The maximum atomic E-state index is 12.8. The average molecular weight is 332 g/mol. The topological polar surface area (TPSA) is 70.1 Å². The highest BCUT2D eigenvalue weighted by Crippen LogP contribution is 2.35. The molecule has 0 spiro atoms. The van der Waals surface area contributed by atoms with Gasteiger partial charge in [-0.05, 0) is 32.1 Å². The van der Waals surface area contributed by atoms with Crippen LogP contribution in [-0.2, 0) is 14.9 Å². The summed E-state index contributed by atoms with van der Waals surface area (Å²) in [4.78, 5) is 0. The van der Waals surface area contributed by atoms with Crippen molar-refractivity contribution in [2.45, 2.75) is 38.2 Å². The Morgan fingerprint density at radius 2 is 2.00 bits per heavy atom. The highest BCUT2D eigenvalue weighted by Gasteiger charge is 2.41. The molecular weight excluding hydrogens is 304 g/mol. The second kappa shape index (κ2) is 7.40. The van der Waals surface area contributed by atoms with Gasteiger partial charge in [0.05, 0.1) is 12.7 Å². The van der Waals surface area contributed by atoms with Gasteiger partial charge < -0.3 is 9.84 Å². The molecule has 1 N–H and O–H groups in total. The van der Waals surface area contributed by atoms with Crippen LogP contribution in [0, 0.1) is 5.41 Å². The molecule has 1 atom stereocenters. The molecule has 2 aliphatic rings. The van der Waals surface area contributed by atoms with Crippen molar-refractivity contribution in [1.82, 2.24) is 8.61 Å². The van der Waals surface area contributed by atoms with Crippen LogP contribution < -0.4 is 0 Å². The molecule has 2 aliphatic heterocycles. The summed E-state index contributed by atoms with van der Waals surface area (Å²) in [5, 5.41) is 9.73. The molecule has 2 saturated heterocycles. The molecule has 0 aromatic rings. The lowest BCUT2D eigenvalue weighted by atomic mass is 9.79. The lowest BCUT2D eigenvalue weighted by molar-refractivity contribution is 0.0509. The standard InChI is InChI=1S/C15H28N2O4S/c1-3-7-15(13-18)8-4-9-17(12-15)22(19,20)16-10-5-14(21-2)6-11-16/h3,14,18H,1,4-13H2,2H3. The van der Waals surface area contributed by atoms with Crippen LogP contribution in [0.3, 0.4) is 0 Å². The third kappa shape index (κ3) is 3.71. The predicted molar refractivity (Wildman–Crippen MR) is 85.7 cm³/mol. The van der Waals surface area contributed by atoms with Crippen LogP contribution in [0.1, 0.15) is 32.1 Å². The summed E-state index contributed by atoms with van der Waals surface area (Å²) >= 11 is 0. The third-order valence-corrected chi connectivity index (χ3v) is 6.91. The van der Waals surface area contributed by atoms with E-state index in [1.54, 1.807) is 21.8 Å². The fraction of sp³-hybridized carbons (Fsp3) is 0.867. The second-order valence-corrected chi connectivity index (χ2v) is 8.36. The Bertz CT molecular complexity index is 474. The maximum Gasteiger partial charge on any atom is 0.281 e. The van der Waals surface area contributed by atoms with Gasteiger partial charge in [-0.25, -0.2) is 0 Å². The van der Waals surface area contributed by atoms with Gasteiger partial charge in [0, 0.05) is 38.7 Å². The molecule has 6 nitrogen and oxygen atoms in total. The summed E-state index contributed by atoms with van der Waals surface area (Å²) in [5.74, 6) is 0. The highest BCUT2D eigenvalue weighted by molar-refractivity contribution is 7.86. The fourth-order valence-corrected chi connectivity index (χ4v) is 5.28. The summed E-state index contributed by atoms with van der Waals surface area (Å²) in [7, 11) is -1.78. The largest absolute Gasteiger partial charge is 0.396 e. The molecule has 7 heteroatoms. The first kappa shape index (κ1) is 17.9. The number of hydrogen-bond acceptors (Lipinski definition) is 4. The minimum absolute atomic E-state index is 0.00319. The van der Waals surface area contributed by atoms with Crippen molar-refractivity contribution in [2.75, 3.05) is 39.9 Å². The number of hydrogen-bond donors (Lipinski definition) is 1. The van der Waals surface area contributed by atoms with Gasteiger partial charge in [0.25, 0.3) is 10.2 Å². The molecule has 2 rings (SSSR count). The van der Waals surface area contributed by atoms with Gasteiger partial charge in [0.1, 0.15) is 0 Å². The van der Waals surface area contributed by atoms with Gasteiger partial charge >= 0.3 is 0 Å². The first-order chi connectivity index (χ1) is 10.5. The smallest absolute Gasteiger partial charge is 0.281 e. The van der Waals surface area contributed by atoms with Crippen molar-refractivity contribution in [1.29, 1.82) is 0 Å². The van der Waals surface area contributed by atoms with Gasteiger partial charge in [-0.3, -0.25) is 0 Å². The number of nitrogens with zero attached hydrogens (tertiary/aromatic N) is 2. The Labute approximate surface area is 133 Å². The number of allylic oxidation sites excluding steroid dienone is 1.